The number of carbonyl (C=O) groups is 3. The van der Waals surface area contributed by atoms with Crippen LogP contribution in [0.3, 0.4) is 0 Å². The first-order valence-electron chi connectivity index (χ1n) is 12.5. The Morgan fingerprint density at radius 3 is 1.97 bits per heavy atom. The van der Waals surface area contributed by atoms with Gasteiger partial charge in [-0.25, -0.2) is 14.8 Å². The van der Waals surface area contributed by atoms with Crippen LogP contribution in [0.5, 0.6) is 11.5 Å². The summed E-state index contributed by atoms with van der Waals surface area (Å²) in [6, 6.07) is 31.2. The van der Waals surface area contributed by atoms with Crippen LogP contribution in [0.15, 0.2) is 109 Å². The van der Waals surface area contributed by atoms with Gasteiger partial charge in [0.15, 0.2) is 6.10 Å². The van der Waals surface area contributed by atoms with E-state index >= 15 is 0 Å². The minimum atomic E-state index is -0.986. The van der Waals surface area contributed by atoms with E-state index < -0.39 is 29.9 Å². The number of hydrogen-bond acceptors (Lipinski definition) is 7. The Balaban J connectivity index is 1.32. The number of amides is 2. The van der Waals surface area contributed by atoms with E-state index in [4.69, 9.17) is 14.3 Å². The molecular formula is C31H24N2O6. The van der Waals surface area contributed by atoms with E-state index in [0.717, 1.165) is 5.56 Å². The number of methoxy groups -OCH3 is 1. The predicted octanol–water partition coefficient (Wildman–Crippen LogP) is 4.97. The van der Waals surface area contributed by atoms with Crippen molar-refractivity contribution in [1.29, 1.82) is 0 Å². The number of ether oxygens (including phenoxy) is 2. The summed E-state index contributed by atoms with van der Waals surface area (Å²) in [7, 11) is 1.55. The van der Waals surface area contributed by atoms with Gasteiger partial charge < -0.3 is 9.47 Å². The molecule has 0 aromatic heterocycles. The van der Waals surface area contributed by atoms with Gasteiger partial charge in [-0.15, -0.1) is 0 Å². The van der Waals surface area contributed by atoms with Crippen molar-refractivity contribution < 1.29 is 28.7 Å². The number of benzene rings is 4. The average Bonchev–Trinajstić information content (AvgIpc) is 3.50. The fourth-order valence-corrected chi connectivity index (χ4v) is 5.01. The van der Waals surface area contributed by atoms with E-state index in [9.17, 15) is 14.4 Å². The zero-order chi connectivity index (χ0) is 26.9. The Morgan fingerprint density at radius 2 is 1.33 bits per heavy atom. The molecule has 0 spiro atoms. The summed E-state index contributed by atoms with van der Waals surface area (Å²) < 4.78 is 10.7. The highest BCUT2D eigenvalue weighted by atomic mass is 16.7. The zero-order valence-corrected chi connectivity index (χ0v) is 21.0. The number of para-hydroxylation sites is 1. The molecule has 0 aliphatic carbocycles. The minimum Gasteiger partial charge on any atom is -0.497 e. The van der Waals surface area contributed by atoms with Crippen LogP contribution in [0.1, 0.15) is 22.0 Å². The van der Waals surface area contributed by atoms with Gasteiger partial charge in [0.1, 0.15) is 17.4 Å². The van der Waals surface area contributed by atoms with Gasteiger partial charge in [-0.1, -0.05) is 48.5 Å². The molecule has 39 heavy (non-hydrogen) atoms. The molecule has 2 aliphatic rings. The summed E-state index contributed by atoms with van der Waals surface area (Å²) in [6.07, 6.45) is -0.986. The van der Waals surface area contributed by atoms with Crippen molar-refractivity contribution in [1.82, 2.24) is 0 Å². The molecule has 8 heteroatoms. The first kappa shape index (κ1) is 24.4. The van der Waals surface area contributed by atoms with Gasteiger partial charge in [-0.3, -0.25) is 14.4 Å². The first-order chi connectivity index (χ1) is 19.0. The summed E-state index contributed by atoms with van der Waals surface area (Å²) in [4.78, 5) is 47.1. The third-order valence-corrected chi connectivity index (χ3v) is 6.90. The monoisotopic (exact) mass is 520 g/mol. The number of hydrogen-bond donors (Lipinski definition) is 0. The van der Waals surface area contributed by atoms with Gasteiger partial charge in [0, 0.05) is 0 Å². The lowest BCUT2D eigenvalue weighted by Crippen LogP contribution is -2.37. The highest BCUT2D eigenvalue weighted by Gasteiger charge is 2.60. The third-order valence-electron chi connectivity index (χ3n) is 6.90. The third kappa shape index (κ3) is 4.41. The van der Waals surface area contributed by atoms with Crippen LogP contribution in [0, 0.1) is 5.92 Å². The molecule has 2 saturated heterocycles. The molecule has 2 fully saturated rings. The lowest BCUT2D eigenvalue weighted by atomic mass is 9.90. The van der Waals surface area contributed by atoms with Crippen LogP contribution >= 0.6 is 0 Å². The topological polar surface area (TPSA) is 85.4 Å². The molecule has 8 nitrogen and oxygen atoms in total. The molecule has 4 aromatic carbocycles. The first-order valence-corrected chi connectivity index (χ1v) is 12.5. The number of rotatable bonds is 6. The van der Waals surface area contributed by atoms with E-state index in [1.54, 1.807) is 85.0 Å². The molecule has 2 heterocycles. The molecular weight excluding hydrogens is 496 g/mol. The molecule has 2 amide bonds. The normalized spacial score (nSPS) is 20.2. The molecule has 0 bridgehead atoms. The van der Waals surface area contributed by atoms with Gasteiger partial charge in [0.25, 0.3) is 5.91 Å². The van der Waals surface area contributed by atoms with Crippen LogP contribution in [-0.2, 0) is 14.4 Å². The predicted molar refractivity (Wildman–Crippen MR) is 143 cm³/mol. The Morgan fingerprint density at radius 1 is 0.718 bits per heavy atom. The molecule has 6 rings (SSSR count). The van der Waals surface area contributed by atoms with Gasteiger partial charge in [-0.05, 0) is 66.2 Å². The highest BCUT2D eigenvalue weighted by Crippen LogP contribution is 2.47. The summed E-state index contributed by atoms with van der Waals surface area (Å²) in [5.74, 6) is -1.04. The van der Waals surface area contributed by atoms with Crippen molar-refractivity contribution in [3.8, 4) is 11.5 Å². The maximum atomic E-state index is 13.8. The molecule has 2 aliphatic heterocycles. The fraction of sp³-hybridized carbons (Fsp3) is 0.129. The standard InChI is InChI=1S/C31H24N2O6/c1-37-24-18-14-22(15-19-24)32-29(34)26-27(33(39-28(26)30(32)35)23-10-6-3-7-11-23)20-12-16-25(17-13-20)38-31(36)21-8-4-2-5-9-21/h2-19,26-28H,1H3/t26-,27-,28+/m0/s1. The summed E-state index contributed by atoms with van der Waals surface area (Å²) in [6.45, 7) is 0. The number of anilines is 2. The van der Waals surface area contributed by atoms with Gasteiger partial charge in [0.05, 0.1) is 30.1 Å². The van der Waals surface area contributed by atoms with E-state index in [0.29, 0.717) is 28.4 Å². The van der Waals surface area contributed by atoms with Gasteiger partial charge in [0.2, 0.25) is 5.91 Å². The summed E-state index contributed by atoms with van der Waals surface area (Å²) >= 11 is 0. The van der Waals surface area contributed by atoms with Crippen molar-refractivity contribution in [2.24, 2.45) is 5.92 Å². The average molecular weight is 521 g/mol. The SMILES string of the molecule is COc1ccc(N2C(=O)[C@@H]3[C@@H](ON(c4ccccc4)[C@H]3c3ccc(OC(=O)c4ccccc4)cc3)C2=O)cc1. The molecule has 194 valence electrons. The van der Waals surface area contributed by atoms with Crippen LogP contribution in [0.2, 0.25) is 0 Å². The Kier molecular flexibility index (Phi) is 6.30. The number of imide groups is 1. The van der Waals surface area contributed by atoms with Gasteiger partial charge in [-0.2, -0.15) is 0 Å². The molecule has 0 N–H and O–H groups in total. The number of hydroxylamine groups is 1. The molecule has 0 saturated carbocycles. The van der Waals surface area contributed by atoms with Crippen molar-refractivity contribution in [3.63, 3.8) is 0 Å². The lowest BCUT2D eigenvalue weighted by Gasteiger charge is -2.28. The van der Waals surface area contributed by atoms with E-state index in [1.165, 1.54) is 4.90 Å². The molecule has 0 unspecified atom stereocenters. The Bertz CT molecular complexity index is 1510. The fourth-order valence-electron chi connectivity index (χ4n) is 5.01. The quantitative estimate of drug-likeness (QED) is 0.202. The van der Waals surface area contributed by atoms with Crippen molar-refractivity contribution in [2.75, 3.05) is 17.1 Å². The van der Waals surface area contributed by atoms with E-state index in [-0.39, 0.29) is 5.91 Å². The second-order valence-corrected chi connectivity index (χ2v) is 9.19. The Labute approximate surface area is 224 Å². The minimum absolute atomic E-state index is 0.349. The Hall–Kier alpha value is -4.95. The van der Waals surface area contributed by atoms with Gasteiger partial charge >= 0.3 is 5.97 Å². The zero-order valence-electron chi connectivity index (χ0n) is 21.0. The molecule has 4 aromatic rings. The van der Waals surface area contributed by atoms with Crippen LogP contribution in [0.25, 0.3) is 0 Å². The molecule has 3 atom stereocenters. The number of carbonyl (C=O) groups excluding carboxylic acids is 3. The smallest absolute Gasteiger partial charge is 0.343 e. The number of nitrogens with zero attached hydrogens (tertiary/aromatic N) is 2. The van der Waals surface area contributed by atoms with Crippen molar-refractivity contribution in [3.05, 3.63) is 120 Å². The van der Waals surface area contributed by atoms with Crippen molar-refractivity contribution >= 4 is 29.2 Å². The van der Waals surface area contributed by atoms with Crippen LogP contribution in [-0.4, -0.2) is 31.0 Å². The largest absolute Gasteiger partial charge is 0.497 e. The lowest BCUT2D eigenvalue weighted by molar-refractivity contribution is -0.126. The van der Waals surface area contributed by atoms with E-state index in [2.05, 4.69) is 0 Å². The molecule has 0 radical (unpaired) electrons. The maximum absolute atomic E-state index is 13.8. The summed E-state index contributed by atoms with van der Waals surface area (Å²) in [5, 5.41) is 1.63. The number of fused-ring (bicyclic) bond motifs is 1. The maximum Gasteiger partial charge on any atom is 0.343 e. The second kappa shape index (κ2) is 10.1. The number of esters is 1. The summed E-state index contributed by atoms with van der Waals surface area (Å²) in [5.41, 5.74) is 2.35. The second-order valence-electron chi connectivity index (χ2n) is 9.19. The highest BCUT2D eigenvalue weighted by molar-refractivity contribution is 6.24. The van der Waals surface area contributed by atoms with E-state index in [1.807, 2.05) is 36.4 Å². The van der Waals surface area contributed by atoms with Crippen LogP contribution in [0.4, 0.5) is 11.4 Å². The van der Waals surface area contributed by atoms with Crippen molar-refractivity contribution in [2.45, 2.75) is 12.1 Å². The van der Waals surface area contributed by atoms with Crippen LogP contribution < -0.4 is 19.4 Å².